The first kappa shape index (κ1) is 12.7. The van der Waals surface area contributed by atoms with E-state index in [1.54, 1.807) is 0 Å². The Morgan fingerprint density at radius 1 is 1.17 bits per heavy atom. The molecule has 1 aromatic carbocycles. The maximum atomic E-state index is 6.03. The molecule has 1 spiro atoms. The molecule has 0 amide bonds. The minimum atomic E-state index is -0.256. The minimum absolute atomic E-state index is 0.256. The van der Waals surface area contributed by atoms with Gasteiger partial charge < -0.3 is 0 Å². The van der Waals surface area contributed by atoms with Gasteiger partial charge in [-0.3, -0.25) is 0 Å². The van der Waals surface area contributed by atoms with E-state index in [4.69, 9.17) is 9.47 Å². The Hall–Kier alpha value is -0.341. The molecule has 1 saturated carbocycles. The zero-order valence-corrected chi connectivity index (χ0v) is 12.5. The number of hydrogen-bond acceptors (Lipinski definition) is 2. The molecule has 0 unspecified atom stereocenters. The van der Waals surface area contributed by atoms with Gasteiger partial charge in [0.1, 0.15) is 0 Å². The van der Waals surface area contributed by atoms with Crippen LogP contribution in [0.25, 0.3) is 0 Å². The molecule has 3 rings (SSSR count). The molecular formula is C15H20O2Se. The van der Waals surface area contributed by atoms with Crippen molar-refractivity contribution < 1.29 is 9.47 Å². The van der Waals surface area contributed by atoms with Crippen LogP contribution < -0.4 is 4.46 Å². The third-order valence-electron chi connectivity index (χ3n) is 3.92. The Morgan fingerprint density at radius 2 is 1.89 bits per heavy atom. The Morgan fingerprint density at radius 3 is 2.61 bits per heavy atom. The van der Waals surface area contributed by atoms with Gasteiger partial charge in [-0.1, -0.05) is 0 Å². The molecule has 2 aliphatic rings. The van der Waals surface area contributed by atoms with E-state index in [0.717, 1.165) is 19.6 Å². The summed E-state index contributed by atoms with van der Waals surface area (Å²) in [6.45, 7) is 3.91. The molecule has 2 nitrogen and oxygen atoms in total. The quantitative estimate of drug-likeness (QED) is 0.781. The molecule has 18 heavy (non-hydrogen) atoms. The van der Waals surface area contributed by atoms with E-state index in [1.807, 2.05) is 0 Å². The van der Waals surface area contributed by atoms with E-state index in [0.29, 0.717) is 25.7 Å². The Bertz CT molecular complexity index is 387. The van der Waals surface area contributed by atoms with Crippen molar-refractivity contribution >= 4 is 19.4 Å². The number of hydrogen-bond donors (Lipinski definition) is 0. The normalized spacial score (nSPS) is 30.7. The molecule has 1 aromatic rings. The second-order valence-corrected chi connectivity index (χ2v) is 7.78. The summed E-state index contributed by atoms with van der Waals surface area (Å²) in [5, 5.41) is 0. The van der Waals surface area contributed by atoms with Gasteiger partial charge >= 0.3 is 115 Å². The standard InChI is InChI=1S/C15H20O2Se/c1-12-6-5-9-15(16-10-11-17-15)14(12)18-13-7-3-2-4-8-13/h2-4,7-8,12,14H,5-6,9-11H2,1H3/t12-,14-/m0/s1. The Balaban J connectivity index is 1.81. The molecule has 0 bridgehead atoms. The van der Waals surface area contributed by atoms with Crippen LogP contribution in [0.1, 0.15) is 26.2 Å². The van der Waals surface area contributed by atoms with E-state index in [9.17, 15) is 0 Å². The van der Waals surface area contributed by atoms with Crippen LogP contribution in [0.2, 0.25) is 4.82 Å². The van der Waals surface area contributed by atoms with Gasteiger partial charge in [-0.25, -0.2) is 0 Å². The average molecular weight is 311 g/mol. The maximum absolute atomic E-state index is 6.03. The SMILES string of the molecule is C[C@H]1CCCC2(OCCO2)[C@H]1[Se]c1ccccc1. The van der Waals surface area contributed by atoms with Gasteiger partial charge in [-0.05, 0) is 0 Å². The fourth-order valence-electron chi connectivity index (χ4n) is 3.03. The third-order valence-corrected chi connectivity index (χ3v) is 7.32. The summed E-state index contributed by atoms with van der Waals surface area (Å²) < 4.78 is 13.5. The van der Waals surface area contributed by atoms with Crippen molar-refractivity contribution in [2.45, 2.75) is 36.8 Å². The van der Waals surface area contributed by atoms with Crippen molar-refractivity contribution in [1.82, 2.24) is 0 Å². The van der Waals surface area contributed by atoms with Gasteiger partial charge in [-0.15, -0.1) is 0 Å². The number of benzene rings is 1. The van der Waals surface area contributed by atoms with Gasteiger partial charge in [0, 0.05) is 0 Å². The monoisotopic (exact) mass is 312 g/mol. The van der Waals surface area contributed by atoms with E-state index in [2.05, 4.69) is 37.3 Å². The molecule has 1 saturated heterocycles. The van der Waals surface area contributed by atoms with E-state index in [-0.39, 0.29) is 5.79 Å². The average Bonchev–Trinajstić information content (AvgIpc) is 2.85. The van der Waals surface area contributed by atoms with Gasteiger partial charge in [0.2, 0.25) is 0 Å². The predicted octanol–water partition coefficient (Wildman–Crippen LogP) is 2.37. The Kier molecular flexibility index (Phi) is 3.76. The first-order valence-electron chi connectivity index (χ1n) is 6.80. The second kappa shape index (κ2) is 5.34. The molecule has 1 heterocycles. The summed E-state index contributed by atoms with van der Waals surface area (Å²) in [5.41, 5.74) is 0. The second-order valence-electron chi connectivity index (χ2n) is 5.23. The van der Waals surface area contributed by atoms with Crippen LogP contribution in [0.5, 0.6) is 0 Å². The number of rotatable bonds is 2. The molecular weight excluding hydrogens is 291 g/mol. The molecule has 2 atom stereocenters. The summed E-state index contributed by atoms with van der Waals surface area (Å²) >= 11 is 0.436. The fraction of sp³-hybridized carbons (Fsp3) is 0.600. The molecule has 1 aliphatic carbocycles. The molecule has 1 aliphatic heterocycles. The summed E-state index contributed by atoms with van der Waals surface area (Å²) in [6.07, 6.45) is 3.63. The predicted molar refractivity (Wildman–Crippen MR) is 73.2 cm³/mol. The van der Waals surface area contributed by atoms with Gasteiger partial charge in [-0.2, -0.15) is 0 Å². The van der Waals surface area contributed by atoms with E-state index < -0.39 is 0 Å². The fourth-order valence-corrected chi connectivity index (χ4v) is 5.99. The van der Waals surface area contributed by atoms with Crippen molar-refractivity contribution in [2.75, 3.05) is 13.2 Å². The zero-order valence-electron chi connectivity index (χ0n) is 10.8. The van der Waals surface area contributed by atoms with Crippen molar-refractivity contribution in [3.63, 3.8) is 0 Å². The van der Waals surface area contributed by atoms with Crippen LogP contribution in [-0.4, -0.2) is 34.0 Å². The van der Waals surface area contributed by atoms with Crippen LogP contribution in [0.15, 0.2) is 30.3 Å². The van der Waals surface area contributed by atoms with Crippen LogP contribution in [0.4, 0.5) is 0 Å². The van der Waals surface area contributed by atoms with Gasteiger partial charge in [0.15, 0.2) is 0 Å². The molecule has 2 fully saturated rings. The van der Waals surface area contributed by atoms with Crippen molar-refractivity contribution in [1.29, 1.82) is 0 Å². The van der Waals surface area contributed by atoms with Gasteiger partial charge in [0.25, 0.3) is 0 Å². The molecule has 0 aromatic heterocycles. The van der Waals surface area contributed by atoms with E-state index in [1.165, 1.54) is 17.3 Å². The molecule has 0 radical (unpaired) electrons. The van der Waals surface area contributed by atoms with E-state index >= 15 is 0 Å². The van der Waals surface area contributed by atoms with Crippen LogP contribution in [-0.2, 0) is 9.47 Å². The molecule has 0 N–H and O–H groups in total. The zero-order chi connectivity index (χ0) is 12.4. The van der Waals surface area contributed by atoms with Crippen molar-refractivity contribution in [3.05, 3.63) is 30.3 Å². The first-order valence-corrected chi connectivity index (χ1v) is 8.64. The summed E-state index contributed by atoms with van der Waals surface area (Å²) in [6, 6.07) is 10.8. The van der Waals surface area contributed by atoms with Crippen LogP contribution >= 0.6 is 0 Å². The third kappa shape index (κ3) is 2.37. The first-order chi connectivity index (χ1) is 8.80. The van der Waals surface area contributed by atoms with Crippen LogP contribution in [0, 0.1) is 5.92 Å². The van der Waals surface area contributed by atoms with Crippen molar-refractivity contribution in [2.24, 2.45) is 5.92 Å². The van der Waals surface area contributed by atoms with Gasteiger partial charge in [0.05, 0.1) is 0 Å². The van der Waals surface area contributed by atoms with Crippen LogP contribution in [0.3, 0.4) is 0 Å². The topological polar surface area (TPSA) is 18.5 Å². The number of ether oxygens (including phenoxy) is 2. The summed E-state index contributed by atoms with van der Waals surface area (Å²) in [5.74, 6) is 0.449. The molecule has 98 valence electrons. The van der Waals surface area contributed by atoms with Crippen molar-refractivity contribution in [3.8, 4) is 0 Å². The summed E-state index contributed by atoms with van der Waals surface area (Å²) in [4.78, 5) is 0.559. The summed E-state index contributed by atoms with van der Waals surface area (Å²) in [7, 11) is 0. The Labute approximate surface area is 115 Å². The molecule has 3 heteroatoms.